The van der Waals surface area contributed by atoms with E-state index in [9.17, 15) is 0 Å². The molecule has 0 spiro atoms. The maximum atomic E-state index is 6.49. The highest BCUT2D eigenvalue weighted by atomic mass is 79.9. The van der Waals surface area contributed by atoms with Gasteiger partial charge in [-0.25, -0.2) is 0 Å². The highest BCUT2D eigenvalue weighted by Crippen LogP contribution is 2.78. The third-order valence-electron chi connectivity index (χ3n) is 3.95. The molecule has 1 aromatic rings. The Morgan fingerprint density at radius 3 is 1.86 bits per heavy atom. The first-order chi connectivity index (χ1) is 6.36. The molecule has 1 aliphatic carbocycles. The van der Waals surface area contributed by atoms with E-state index in [4.69, 9.17) is 11.6 Å². The summed E-state index contributed by atoms with van der Waals surface area (Å²) < 4.78 is -0.311. The van der Waals surface area contributed by atoms with Crippen LogP contribution in [0.5, 0.6) is 0 Å². The van der Waals surface area contributed by atoms with Crippen LogP contribution >= 0.6 is 27.5 Å². The molecule has 76 valence electrons. The smallest absolute Gasteiger partial charge is 0.105 e. The third kappa shape index (κ3) is 0.953. The lowest BCUT2D eigenvalue weighted by Gasteiger charge is -2.14. The maximum absolute atomic E-state index is 6.49. The molecule has 2 heteroatoms. The number of hydrogen-bond donors (Lipinski definition) is 0. The van der Waals surface area contributed by atoms with E-state index < -0.39 is 0 Å². The Morgan fingerprint density at radius 2 is 1.50 bits per heavy atom. The average molecular weight is 274 g/mol. The van der Waals surface area contributed by atoms with Crippen LogP contribution in [0.15, 0.2) is 30.3 Å². The van der Waals surface area contributed by atoms with Crippen molar-refractivity contribution in [3.63, 3.8) is 0 Å². The summed E-state index contributed by atoms with van der Waals surface area (Å²) in [5.74, 6) is 0. The topological polar surface area (TPSA) is 0 Å². The second-order valence-corrected chi connectivity index (χ2v) is 6.90. The Hall–Kier alpha value is -0.0100. The lowest BCUT2D eigenvalue weighted by Crippen LogP contribution is -2.10. The molecule has 0 saturated heterocycles. The molecule has 0 aromatic heterocycles. The van der Waals surface area contributed by atoms with Gasteiger partial charge in [0.1, 0.15) is 3.78 Å². The van der Waals surface area contributed by atoms with Crippen molar-refractivity contribution in [2.75, 3.05) is 0 Å². The number of rotatable bonds is 1. The van der Waals surface area contributed by atoms with Gasteiger partial charge in [-0.15, -0.1) is 11.6 Å². The number of hydrogen-bond acceptors (Lipinski definition) is 0. The van der Waals surface area contributed by atoms with E-state index in [-0.39, 0.29) is 14.6 Å². The van der Waals surface area contributed by atoms with E-state index >= 15 is 0 Å². The Kier molecular flexibility index (Phi) is 2.07. The van der Waals surface area contributed by atoms with Crippen LogP contribution in [0.4, 0.5) is 0 Å². The molecule has 0 radical (unpaired) electrons. The monoisotopic (exact) mass is 272 g/mol. The van der Waals surface area contributed by atoms with E-state index in [1.165, 1.54) is 5.56 Å². The van der Waals surface area contributed by atoms with Crippen LogP contribution in [0.3, 0.4) is 0 Å². The SMILES string of the molecule is CC1(C)C(Cl)(Br)C1(C)c1ccccc1. The van der Waals surface area contributed by atoms with Crippen molar-refractivity contribution in [2.24, 2.45) is 5.41 Å². The first kappa shape index (κ1) is 10.5. The van der Waals surface area contributed by atoms with Crippen molar-refractivity contribution in [3.05, 3.63) is 35.9 Å². The lowest BCUT2D eigenvalue weighted by molar-refractivity contribution is 0.528. The lowest BCUT2D eigenvalue weighted by atomic mass is 9.90. The predicted molar refractivity (Wildman–Crippen MR) is 65.1 cm³/mol. The summed E-state index contributed by atoms with van der Waals surface area (Å²) in [4.78, 5) is 0. The van der Waals surface area contributed by atoms with Gasteiger partial charge in [-0.2, -0.15) is 0 Å². The zero-order valence-corrected chi connectivity index (χ0v) is 11.0. The Morgan fingerprint density at radius 1 is 1.07 bits per heavy atom. The minimum Gasteiger partial charge on any atom is -0.105 e. The molecular formula is C12H14BrCl. The Labute approximate surface area is 98.8 Å². The second-order valence-electron chi connectivity index (χ2n) is 4.69. The summed E-state index contributed by atoms with van der Waals surface area (Å²) in [6.07, 6.45) is 0. The Bertz CT molecular complexity index is 340. The van der Waals surface area contributed by atoms with Crippen LogP contribution < -0.4 is 0 Å². The molecule has 0 amide bonds. The fourth-order valence-electron chi connectivity index (χ4n) is 2.29. The molecule has 2 unspecified atom stereocenters. The molecule has 0 N–H and O–H groups in total. The van der Waals surface area contributed by atoms with Gasteiger partial charge in [0.2, 0.25) is 0 Å². The molecule has 1 aromatic carbocycles. The fraction of sp³-hybridized carbons (Fsp3) is 0.500. The summed E-state index contributed by atoms with van der Waals surface area (Å²) in [5.41, 5.74) is 1.41. The number of halogens is 2. The predicted octanol–water partition coefficient (Wildman–Crippen LogP) is 4.31. The van der Waals surface area contributed by atoms with Gasteiger partial charge < -0.3 is 0 Å². The van der Waals surface area contributed by atoms with E-state index in [0.717, 1.165) is 0 Å². The Balaban J connectivity index is 2.48. The van der Waals surface area contributed by atoms with Crippen molar-refractivity contribution < 1.29 is 0 Å². The quantitative estimate of drug-likeness (QED) is 0.669. The summed E-state index contributed by atoms with van der Waals surface area (Å²) in [6.45, 7) is 6.60. The van der Waals surface area contributed by atoms with Gasteiger partial charge in [0.05, 0.1) is 0 Å². The van der Waals surface area contributed by atoms with Crippen molar-refractivity contribution in [1.82, 2.24) is 0 Å². The van der Waals surface area contributed by atoms with Gasteiger partial charge >= 0.3 is 0 Å². The van der Waals surface area contributed by atoms with Crippen LogP contribution in [0, 0.1) is 5.41 Å². The van der Waals surface area contributed by atoms with Crippen LogP contribution in [-0.2, 0) is 5.41 Å². The van der Waals surface area contributed by atoms with E-state index in [2.05, 4.69) is 61.0 Å². The first-order valence-corrected chi connectivity index (χ1v) is 5.96. The van der Waals surface area contributed by atoms with Crippen LogP contribution in [0.1, 0.15) is 26.3 Å². The van der Waals surface area contributed by atoms with Gasteiger partial charge in [0.15, 0.2) is 0 Å². The normalized spacial score (nSPS) is 39.5. The third-order valence-corrected chi connectivity index (χ3v) is 6.59. The van der Waals surface area contributed by atoms with Crippen molar-refractivity contribution >= 4 is 27.5 Å². The molecule has 0 bridgehead atoms. The van der Waals surface area contributed by atoms with Gasteiger partial charge in [0, 0.05) is 10.8 Å². The standard InChI is InChI=1S/C12H14BrCl/c1-10(2)11(3,12(10,13)14)9-7-5-4-6-8-9/h4-8H,1-3H3. The van der Waals surface area contributed by atoms with Gasteiger partial charge in [-0.05, 0) is 5.56 Å². The van der Waals surface area contributed by atoms with E-state index in [0.29, 0.717) is 0 Å². The van der Waals surface area contributed by atoms with Crippen LogP contribution in [0.2, 0.25) is 0 Å². The van der Waals surface area contributed by atoms with E-state index in [1.54, 1.807) is 0 Å². The summed E-state index contributed by atoms with van der Waals surface area (Å²) in [7, 11) is 0. The summed E-state index contributed by atoms with van der Waals surface area (Å²) >= 11 is 10.1. The molecule has 14 heavy (non-hydrogen) atoms. The van der Waals surface area contributed by atoms with Crippen molar-refractivity contribution in [1.29, 1.82) is 0 Å². The summed E-state index contributed by atoms with van der Waals surface area (Å²) in [5, 5.41) is 0. The molecule has 1 saturated carbocycles. The summed E-state index contributed by atoms with van der Waals surface area (Å²) in [6, 6.07) is 10.5. The molecule has 0 aliphatic heterocycles. The molecular weight excluding hydrogens is 259 g/mol. The highest BCUT2D eigenvalue weighted by molar-refractivity contribution is 9.10. The first-order valence-electron chi connectivity index (χ1n) is 4.79. The minimum atomic E-state index is -0.311. The second kappa shape index (κ2) is 2.76. The molecule has 0 heterocycles. The molecule has 0 nitrogen and oxygen atoms in total. The zero-order chi connectivity index (χ0) is 10.6. The largest absolute Gasteiger partial charge is 0.115 e. The maximum Gasteiger partial charge on any atom is 0.115 e. The van der Waals surface area contributed by atoms with Crippen LogP contribution in [0.25, 0.3) is 0 Å². The van der Waals surface area contributed by atoms with Crippen LogP contribution in [-0.4, -0.2) is 3.78 Å². The molecule has 1 aliphatic rings. The molecule has 2 rings (SSSR count). The van der Waals surface area contributed by atoms with Crippen molar-refractivity contribution in [2.45, 2.75) is 30.0 Å². The number of benzene rings is 1. The molecule has 1 fully saturated rings. The van der Waals surface area contributed by atoms with E-state index in [1.807, 2.05) is 6.07 Å². The fourth-order valence-corrected chi connectivity index (χ4v) is 3.79. The van der Waals surface area contributed by atoms with Crippen molar-refractivity contribution in [3.8, 4) is 0 Å². The number of alkyl halides is 2. The zero-order valence-electron chi connectivity index (χ0n) is 8.64. The highest BCUT2D eigenvalue weighted by Gasteiger charge is 2.79. The minimum absolute atomic E-state index is 0.0167. The van der Waals surface area contributed by atoms with Gasteiger partial charge in [0.25, 0.3) is 0 Å². The average Bonchev–Trinajstić information content (AvgIpc) is 2.47. The van der Waals surface area contributed by atoms with Gasteiger partial charge in [-0.3, -0.25) is 0 Å². The van der Waals surface area contributed by atoms with Gasteiger partial charge in [-0.1, -0.05) is 67.0 Å². The molecule has 2 atom stereocenters.